The van der Waals surface area contributed by atoms with Gasteiger partial charge in [-0.15, -0.1) is 0 Å². The van der Waals surface area contributed by atoms with Crippen LogP contribution in [0.5, 0.6) is 0 Å². The number of carbonyl (C=O) groups excluding carboxylic acids is 1. The molecule has 0 saturated heterocycles. The van der Waals surface area contributed by atoms with Crippen molar-refractivity contribution in [2.24, 2.45) is 0 Å². The molecule has 0 fully saturated rings. The number of benzene rings is 1. The highest BCUT2D eigenvalue weighted by molar-refractivity contribution is 6.29. The third-order valence-corrected chi connectivity index (χ3v) is 3.07. The number of aliphatic hydroxyl groups excluding tert-OH is 1. The van der Waals surface area contributed by atoms with Gasteiger partial charge >= 0.3 is 0 Å². The van der Waals surface area contributed by atoms with Crippen LogP contribution in [0, 0.1) is 6.92 Å². The van der Waals surface area contributed by atoms with E-state index in [1.807, 2.05) is 30.3 Å². The number of halogens is 1. The fraction of sp³-hybridized carbons (Fsp3) is 0.200. The quantitative estimate of drug-likeness (QED) is 0.851. The molecule has 0 aliphatic rings. The molecule has 1 heterocycles. The van der Waals surface area contributed by atoms with Gasteiger partial charge in [0, 0.05) is 11.3 Å². The van der Waals surface area contributed by atoms with Crippen molar-refractivity contribution in [2.75, 3.05) is 6.61 Å². The third kappa shape index (κ3) is 3.56. The van der Waals surface area contributed by atoms with Crippen molar-refractivity contribution < 1.29 is 9.90 Å². The summed E-state index contributed by atoms with van der Waals surface area (Å²) in [6.45, 7) is 1.59. The molecule has 0 aliphatic carbocycles. The van der Waals surface area contributed by atoms with Crippen LogP contribution >= 0.6 is 11.6 Å². The highest BCUT2D eigenvalue weighted by atomic mass is 35.5. The Morgan fingerprint density at radius 2 is 2.05 bits per heavy atom. The molecule has 2 aromatic rings. The molecule has 4 nitrogen and oxygen atoms in total. The molecule has 104 valence electrons. The molecule has 0 saturated carbocycles. The Kier molecular flexibility index (Phi) is 4.71. The topological polar surface area (TPSA) is 62.2 Å². The molecule has 0 radical (unpaired) electrons. The van der Waals surface area contributed by atoms with Crippen LogP contribution in [0.1, 0.15) is 27.7 Å². The van der Waals surface area contributed by atoms with Gasteiger partial charge in [-0.25, -0.2) is 4.98 Å². The number of aliphatic hydroxyl groups is 1. The largest absolute Gasteiger partial charge is 0.394 e. The second-order valence-electron chi connectivity index (χ2n) is 4.44. The smallest absolute Gasteiger partial charge is 0.252 e. The van der Waals surface area contributed by atoms with Crippen LogP contribution in [0.3, 0.4) is 0 Å². The Morgan fingerprint density at radius 1 is 1.35 bits per heavy atom. The molecule has 1 aromatic heterocycles. The van der Waals surface area contributed by atoms with Crippen molar-refractivity contribution in [3.8, 4) is 0 Å². The summed E-state index contributed by atoms with van der Waals surface area (Å²) in [5, 5.41) is 12.5. The minimum absolute atomic E-state index is 0.173. The lowest BCUT2D eigenvalue weighted by molar-refractivity contribution is 0.0916. The van der Waals surface area contributed by atoms with E-state index in [1.165, 1.54) is 6.07 Å². The van der Waals surface area contributed by atoms with Crippen molar-refractivity contribution in [1.82, 2.24) is 10.3 Å². The van der Waals surface area contributed by atoms with E-state index in [4.69, 9.17) is 11.6 Å². The van der Waals surface area contributed by atoms with Crippen LogP contribution in [-0.2, 0) is 0 Å². The first kappa shape index (κ1) is 14.5. The van der Waals surface area contributed by atoms with Crippen LogP contribution in [0.15, 0.2) is 42.5 Å². The Labute approximate surface area is 122 Å². The Hall–Kier alpha value is -1.91. The summed E-state index contributed by atoms with van der Waals surface area (Å²) >= 11 is 5.84. The molecular weight excluding hydrogens is 276 g/mol. The minimum atomic E-state index is -0.448. The van der Waals surface area contributed by atoms with E-state index in [0.717, 1.165) is 5.56 Å². The number of pyridine rings is 1. The first-order valence-electron chi connectivity index (χ1n) is 6.21. The van der Waals surface area contributed by atoms with E-state index in [0.29, 0.717) is 11.3 Å². The van der Waals surface area contributed by atoms with Crippen LogP contribution in [0.4, 0.5) is 0 Å². The lowest BCUT2D eigenvalue weighted by atomic mass is 10.1. The zero-order valence-electron chi connectivity index (χ0n) is 11.0. The summed E-state index contributed by atoms with van der Waals surface area (Å²) in [5.41, 5.74) is 1.94. The number of nitrogens with one attached hydrogen (secondary N) is 1. The molecule has 1 aromatic carbocycles. The molecule has 0 spiro atoms. The van der Waals surface area contributed by atoms with Gasteiger partial charge in [0.25, 0.3) is 5.91 Å². The third-order valence-electron chi connectivity index (χ3n) is 2.87. The predicted molar refractivity (Wildman–Crippen MR) is 77.7 cm³/mol. The highest BCUT2D eigenvalue weighted by Gasteiger charge is 2.15. The molecule has 0 unspecified atom stereocenters. The van der Waals surface area contributed by atoms with Crippen molar-refractivity contribution in [3.63, 3.8) is 0 Å². The van der Waals surface area contributed by atoms with Crippen molar-refractivity contribution >= 4 is 17.5 Å². The van der Waals surface area contributed by atoms with Gasteiger partial charge in [0.1, 0.15) is 5.15 Å². The Balaban J connectivity index is 2.17. The predicted octanol–water partition coefficient (Wildman–Crippen LogP) is 2.51. The number of amides is 1. The maximum absolute atomic E-state index is 12.2. The molecule has 1 amide bonds. The monoisotopic (exact) mass is 290 g/mol. The van der Waals surface area contributed by atoms with Crippen LogP contribution in [0.2, 0.25) is 5.15 Å². The first-order valence-corrected chi connectivity index (χ1v) is 6.59. The number of aryl methyl sites for hydroxylation is 1. The fourth-order valence-electron chi connectivity index (χ4n) is 1.92. The second kappa shape index (κ2) is 6.50. The number of nitrogens with zero attached hydrogens (tertiary/aromatic N) is 1. The number of hydrogen-bond acceptors (Lipinski definition) is 3. The van der Waals surface area contributed by atoms with Crippen LogP contribution in [0.25, 0.3) is 0 Å². The molecule has 0 aliphatic heterocycles. The van der Waals surface area contributed by atoms with E-state index < -0.39 is 6.04 Å². The normalized spacial score (nSPS) is 11.9. The lowest BCUT2D eigenvalue weighted by Gasteiger charge is -2.17. The SMILES string of the molecule is Cc1cc(C(=O)N[C@H](CO)c2ccccc2)cc(Cl)n1. The van der Waals surface area contributed by atoms with Gasteiger partial charge in [0.15, 0.2) is 0 Å². The van der Waals surface area contributed by atoms with Gasteiger partial charge < -0.3 is 10.4 Å². The maximum atomic E-state index is 12.2. The fourth-order valence-corrected chi connectivity index (χ4v) is 2.17. The summed E-state index contributed by atoms with van der Waals surface area (Å²) in [4.78, 5) is 16.2. The van der Waals surface area contributed by atoms with Crippen molar-refractivity contribution in [1.29, 1.82) is 0 Å². The van der Waals surface area contributed by atoms with Crippen molar-refractivity contribution in [2.45, 2.75) is 13.0 Å². The molecule has 5 heteroatoms. The second-order valence-corrected chi connectivity index (χ2v) is 4.83. The maximum Gasteiger partial charge on any atom is 0.252 e. The van der Waals surface area contributed by atoms with E-state index in [-0.39, 0.29) is 17.7 Å². The summed E-state index contributed by atoms with van der Waals surface area (Å²) < 4.78 is 0. The van der Waals surface area contributed by atoms with Gasteiger partial charge in [-0.3, -0.25) is 4.79 Å². The van der Waals surface area contributed by atoms with E-state index in [1.54, 1.807) is 13.0 Å². The van der Waals surface area contributed by atoms with Gasteiger partial charge in [-0.05, 0) is 24.6 Å². The van der Waals surface area contributed by atoms with Crippen LogP contribution in [-0.4, -0.2) is 22.6 Å². The summed E-state index contributed by atoms with van der Waals surface area (Å²) in [6, 6.07) is 12.0. The molecule has 2 N–H and O–H groups in total. The molecule has 1 atom stereocenters. The zero-order valence-corrected chi connectivity index (χ0v) is 11.8. The molecular formula is C15H15ClN2O2. The van der Waals surface area contributed by atoms with Gasteiger partial charge in [-0.2, -0.15) is 0 Å². The average Bonchev–Trinajstić information content (AvgIpc) is 2.44. The Morgan fingerprint density at radius 3 is 2.65 bits per heavy atom. The number of aromatic nitrogens is 1. The number of carbonyl (C=O) groups is 1. The van der Waals surface area contributed by atoms with Gasteiger partial charge in [0.2, 0.25) is 0 Å². The lowest BCUT2D eigenvalue weighted by Crippen LogP contribution is -2.30. The molecule has 20 heavy (non-hydrogen) atoms. The van der Waals surface area contributed by atoms with E-state index in [2.05, 4.69) is 10.3 Å². The summed E-state index contributed by atoms with van der Waals surface area (Å²) in [6.07, 6.45) is 0. The minimum Gasteiger partial charge on any atom is -0.394 e. The zero-order chi connectivity index (χ0) is 14.5. The number of rotatable bonds is 4. The molecule has 2 rings (SSSR count). The van der Waals surface area contributed by atoms with E-state index in [9.17, 15) is 9.90 Å². The average molecular weight is 291 g/mol. The standard InChI is InChI=1S/C15H15ClN2O2/c1-10-7-12(8-14(16)17-10)15(20)18-13(9-19)11-5-3-2-4-6-11/h2-8,13,19H,9H2,1H3,(H,18,20)/t13-/m1/s1. The number of hydrogen-bond donors (Lipinski definition) is 2. The van der Waals surface area contributed by atoms with E-state index >= 15 is 0 Å². The van der Waals surface area contributed by atoms with Crippen molar-refractivity contribution in [3.05, 3.63) is 64.4 Å². The molecule has 0 bridgehead atoms. The summed E-state index contributed by atoms with van der Waals surface area (Å²) in [7, 11) is 0. The first-order chi connectivity index (χ1) is 9.60. The highest BCUT2D eigenvalue weighted by Crippen LogP contribution is 2.15. The van der Waals surface area contributed by atoms with Crippen LogP contribution < -0.4 is 5.32 Å². The van der Waals surface area contributed by atoms with Gasteiger partial charge in [0.05, 0.1) is 12.6 Å². The van der Waals surface area contributed by atoms with Gasteiger partial charge in [-0.1, -0.05) is 41.9 Å². The summed E-state index contributed by atoms with van der Waals surface area (Å²) in [5.74, 6) is -0.291. The Bertz CT molecular complexity index is 582.